The topological polar surface area (TPSA) is 73.6 Å². The maximum atomic E-state index is 12.5. The van der Waals surface area contributed by atoms with E-state index >= 15 is 0 Å². The van der Waals surface area contributed by atoms with E-state index in [-0.39, 0.29) is 16.2 Å². The highest BCUT2D eigenvalue weighted by molar-refractivity contribution is 7.15. The molecule has 26 heavy (non-hydrogen) atoms. The maximum absolute atomic E-state index is 12.5. The molecular formula is C19H13N3O3S. The molecule has 0 aliphatic heterocycles. The van der Waals surface area contributed by atoms with Gasteiger partial charge in [0.1, 0.15) is 17.2 Å². The Kier molecular flexibility index (Phi) is 4.06. The molecule has 0 amide bonds. The van der Waals surface area contributed by atoms with Crippen LogP contribution in [-0.2, 0) is 0 Å². The van der Waals surface area contributed by atoms with E-state index in [2.05, 4.69) is 10.1 Å². The van der Waals surface area contributed by atoms with Crippen LogP contribution in [0.5, 0.6) is 11.5 Å². The van der Waals surface area contributed by atoms with E-state index in [0.717, 1.165) is 27.2 Å². The molecule has 6 nitrogen and oxygen atoms in total. The van der Waals surface area contributed by atoms with Crippen molar-refractivity contribution in [3.63, 3.8) is 0 Å². The number of para-hydroxylation sites is 1. The van der Waals surface area contributed by atoms with Gasteiger partial charge in [-0.15, -0.1) is 0 Å². The van der Waals surface area contributed by atoms with E-state index in [9.17, 15) is 9.59 Å². The van der Waals surface area contributed by atoms with Gasteiger partial charge >= 0.3 is 0 Å². The Labute approximate surface area is 151 Å². The first-order valence-electron chi connectivity index (χ1n) is 7.85. The molecule has 2 aromatic carbocycles. The number of ether oxygens (including phenoxy) is 1. The predicted octanol–water partition coefficient (Wildman–Crippen LogP) is 2.16. The van der Waals surface area contributed by atoms with Crippen LogP contribution in [-0.4, -0.2) is 14.6 Å². The molecule has 0 aliphatic rings. The third-order valence-corrected chi connectivity index (χ3v) is 4.64. The standard InChI is InChI=1S/C19H13N3O3S/c1-12-17(23)20-19-22(21-12)18(24)16(26-19)11-13-6-5-9-15(10-13)25-14-7-3-2-4-8-14/h2-11H,1H3/b16-11+. The van der Waals surface area contributed by atoms with Crippen LogP contribution in [0.1, 0.15) is 11.3 Å². The molecule has 0 spiro atoms. The van der Waals surface area contributed by atoms with Gasteiger partial charge in [0.25, 0.3) is 11.1 Å². The van der Waals surface area contributed by atoms with Crippen LogP contribution in [0.25, 0.3) is 11.0 Å². The van der Waals surface area contributed by atoms with Crippen molar-refractivity contribution in [1.29, 1.82) is 0 Å². The van der Waals surface area contributed by atoms with Crippen molar-refractivity contribution < 1.29 is 4.74 Å². The molecule has 0 saturated heterocycles. The molecule has 7 heteroatoms. The quantitative estimate of drug-likeness (QED) is 0.558. The summed E-state index contributed by atoms with van der Waals surface area (Å²) in [6, 6.07) is 16.9. The van der Waals surface area contributed by atoms with Crippen LogP contribution < -0.4 is 20.4 Å². The summed E-state index contributed by atoms with van der Waals surface area (Å²) in [5.74, 6) is 1.40. The number of hydrogen-bond donors (Lipinski definition) is 0. The van der Waals surface area contributed by atoms with E-state index in [1.54, 1.807) is 6.08 Å². The SMILES string of the molecule is Cc1nn2c(=O)/c(=C\c3cccc(Oc4ccccc4)c3)sc2nc1=O. The van der Waals surface area contributed by atoms with E-state index in [1.807, 2.05) is 54.6 Å². The summed E-state index contributed by atoms with van der Waals surface area (Å²) >= 11 is 1.13. The number of rotatable bonds is 3. The second kappa shape index (κ2) is 6.53. The summed E-state index contributed by atoms with van der Waals surface area (Å²) in [4.78, 5) is 28.3. The highest BCUT2D eigenvalue weighted by Gasteiger charge is 2.08. The van der Waals surface area contributed by atoms with Gasteiger partial charge in [0.15, 0.2) is 0 Å². The van der Waals surface area contributed by atoms with Gasteiger partial charge in [0.05, 0.1) is 4.53 Å². The maximum Gasteiger partial charge on any atom is 0.295 e. The molecule has 0 N–H and O–H groups in total. The average Bonchev–Trinajstić information content (AvgIpc) is 2.92. The fraction of sp³-hybridized carbons (Fsp3) is 0.0526. The fourth-order valence-electron chi connectivity index (χ4n) is 2.43. The van der Waals surface area contributed by atoms with Crippen LogP contribution in [0.15, 0.2) is 64.2 Å². The van der Waals surface area contributed by atoms with E-state index in [1.165, 1.54) is 6.92 Å². The van der Waals surface area contributed by atoms with Crippen molar-refractivity contribution >= 4 is 22.4 Å². The first kappa shape index (κ1) is 16.2. The first-order valence-corrected chi connectivity index (χ1v) is 8.67. The van der Waals surface area contributed by atoms with Crippen molar-refractivity contribution in [1.82, 2.24) is 14.6 Å². The van der Waals surface area contributed by atoms with Gasteiger partial charge in [-0.05, 0) is 42.8 Å². The van der Waals surface area contributed by atoms with Crippen molar-refractivity contribution in [2.24, 2.45) is 0 Å². The number of aryl methyl sites for hydroxylation is 1. The summed E-state index contributed by atoms with van der Waals surface area (Å²) in [5.41, 5.74) is 0.287. The number of hydrogen-bond acceptors (Lipinski definition) is 6. The smallest absolute Gasteiger partial charge is 0.295 e. The van der Waals surface area contributed by atoms with Gasteiger partial charge in [-0.2, -0.15) is 14.6 Å². The third-order valence-electron chi connectivity index (χ3n) is 3.68. The minimum Gasteiger partial charge on any atom is -0.457 e. The van der Waals surface area contributed by atoms with Gasteiger partial charge in [-0.25, -0.2) is 0 Å². The van der Waals surface area contributed by atoms with Crippen LogP contribution in [0.2, 0.25) is 0 Å². The van der Waals surface area contributed by atoms with Crippen LogP contribution >= 0.6 is 11.3 Å². The minimum atomic E-state index is -0.420. The Morgan fingerprint density at radius 1 is 1.04 bits per heavy atom. The first-order chi connectivity index (χ1) is 12.6. The van der Waals surface area contributed by atoms with Crippen LogP contribution in [0.4, 0.5) is 0 Å². The van der Waals surface area contributed by atoms with Crippen molar-refractivity contribution in [3.8, 4) is 11.5 Å². The van der Waals surface area contributed by atoms with Crippen LogP contribution in [0.3, 0.4) is 0 Å². The molecule has 4 rings (SSSR count). The zero-order valence-corrected chi connectivity index (χ0v) is 14.6. The second-order valence-corrected chi connectivity index (χ2v) is 6.61. The summed E-state index contributed by atoms with van der Waals surface area (Å²) < 4.78 is 7.43. The molecule has 0 fully saturated rings. The van der Waals surface area contributed by atoms with Crippen molar-refractivity contribution in [2.75, 3.05) is 0 Å². The molecule has 0 bridgehead atoms. The normalized spacial score (nSPS) is 11.8. The molecule has 2 aromatic heterocycles. The highest BCUT2D eigenvalue weighted by Crippen LogP contribution is 2.22. The average molecular weight is 363 g/mol. The molecule has 0 aliphatic carbocycles. The Bertz CT molecular complexity index is 1260. The Morgan fingerprint density at radius 3 is 2.62 bits per heavy atom. The number of nitrogens with zero attached hydrogens (tertiary/aromatic N) is 3. The minimum absolute atomic E-state index is 0.196. The Balaban J connectivity index is 1.76. The fourth-order valence-corrected chi connectivity index (χ4v) is 3.33. The van der Waals surface area contributed by atoms with Crippen molar-refractivity contribution in [3.05, 3.63) is 91.1 Å². The molecule has 0 radical (unpaired) electrons. The number of fused-ring (bicyclic) bond motifs is 1. The Hall–Kier alpha value is -3.32. The molecule has 128 valence electrons. The lowest BCUT2D eigenvalue weighted by Crippen LogP contribution is -2.27. The molecule has 2 heterocycles. The van der Waals surface area contributed by atoms with Gasteiger partial charge in [0.2, 0.25) is 4.96 Å². The highest BCUT2D eigenvalue weighted by atomic mass is 32.1. The van der Waals surface area contributed by atoms with Gasteiger partial charge in [-0.3, -0.25) is 9.59 Å². The molecular weight excluding hydrogens is 350 g/mol. The third kappa shape index (κ3) is 3.12. The lowest BCUT2D eigenvalue weighted by molar-refractivity contribution is 0.482. The molecule has 4 aromatic rings. The zero-order chi connectivity index (χ0) is 18.1. The molecule has 0 saturated carbocycles. The van der Waals surface area contributed by atoms with Gasteiger partial charge < -0.3 is 4.74 Å². The van der Waals surface area contributed by atoms with E-state index in [4.69, 9.17) is 4.74 Å². The monoisotopic (exact) mass is 363 g/mol. The largest absolute Gasteiger partial charge is 0.457 e. The lowest BCUT2D eigenvalue weighted by atomic mass is 10.2. The predicted molar refractivity (Wildman–Crippen MR) is 99.9 cm³/mol. The molecule has 0 unspecified atom stereocenters. The molecule has 0 atom stereocenters. The van der Waals surface area contributed by atoms with E-state index < -0.39 is 5.56 Å². The van der Waals surface area contributed by atoms with E-state index in [0.29, 0.717) is 10.3 Å². The summed E-state index contributed by atoms with van der Waals surface area (Å²) in [6.45, 7) is 1.53. The number of aromatic nitrogens is 3. The van der Waals surface area contributed by atoms with Crippen LogP contribution in [0, 0.1) is 6.92 Å². The Morgan fingerprint density at radius 2 is 1.81 bits per heavy atom. The zero-order valence-electron chi connectivity index (χ0n) is 13.7. The lowest BCUT2D eigenvalue weighted by Gasteiger charge is -2.05. The van der Waals surface area contributed by atoms with Gasteiger partial charge in [-0.1, -0.05) is 41.7 Å². The summed E-state index contributed by atoms with van der Waals surface area (Å²) in [6.07, 6.45) is 1.74. The number of thiazole rings is 1. The van der Waals surface area contributed by atoms with Crippen molar-refractivity contribution in [2.45, 2.75) is 6.92 Å². The summed E-state index contributed by atoms with van der Waals surface area (Å²) in [5, 5.41) is 4.01. The summed E-state index contributed by atoms with van der Waals surface area (Å²) in [7, 11) is 0. The van der Waals surface area contributed by atoms with Gasteiger partial charge in [0, 0.05) is 0 Å². The second-order valence-electron chi connectivity index (χ2n) is 5.60. The number of benzene rings is 2.